The lowest BCUT2D eigenvalue weighted by molar-refractivity contribution is -0.124. The molecule has 0 aromatic carbocycles. The van der Waals surface area contributed by atoms with Gasteiger partial charge in [0.1, 0.15) is 0 Å². The van der Waals surface area contributed by atoms with Crippen LogP contribution in [0.2, 0.25) is 0 Å². The van der Waals surface area contributed by atoms with E-state index < -0.39 is 0 Å². The first-order valence-electron chi connectivity index (χ1n) is 4.09. The molecule has 1 rings (SSSR count). The number of hydrogen-bond donors (Lipinski definition) is 1. The van der Waals surface area contributed by atoms with Crippen molar-refractivity contribution in [1.29, 1.82) is 0 Å². The molecule has 3 nitrogen and oxygen atoms in total. The quantitative estimate of drug-likeness (QED) is 0.740. The van der Waals surface area contributed by atoms with Gasteiger partial charge in [0.15, 0.2) is 0 Å². The minimum atomic E-state index is 0.0375. The largest absolute Gasteiger partial charge is 0.289 e. The van der Waals surface area contributed by atoms with Crippen LogP contribution in [-0.2, 0) is 11.2 Å². The fraction of sp³-hybridized carbons (Fsp3) is 0.444. The standard InChI is InChI=1S/C9H14N2OS/c1-7-4-5-13-8(7)6-9(12)10-11(2)3/h4-5H,6H2,1-3H3,(H,10,12). The summed E-state index contributed by atoms with van der Waals surface area (Å²) in [5.74, 6) is 0.0375. The van der Waals surface area contributed by atoms with Crippen molar-refractivity contribution in [2.24, 2.45) is 0 Å². The predicted octanol–water partition coefficient (Wildman–Crippen LogP) is 1.19. The molecule has 0 atom stereocenters. The number of nitrogens with one attached hydrogen (secondary N) is 1. The molecule has 1 amide bonds. The molecule has 0 aliphatic rings. The molecule has 0 spiro atoms. The summed E-state index contributed by atoms with van der Waals surface area (Å²) in [7, 11) is 3.61. The minimum Gasteiger partial charge on any atom is -0.289 e. The highest BCUT2D eigenvalue weighted by atomic mass is 32.1. The number of hydrazine groups is 1. The average Bonchev–Trinajstić information content (AvgIpc) is 2.34. The van der Waals surface area contributed by atoms with E-state index in [0.29, 0.717) is 6.42 Å². The molecule has 1 aromatic rings. The van der Waals surface area contributed by atoms with Gasteiger partial charge in [0, 0.05) is 19.0 Å². The SMILES string of the molecule is Cc1ccsc1CC(=O)NN(C)C. The van der Waals surface area contributed by atoms with Crippen molar-refractivity contribution < 1.29 is 4.79 Å². The van der Waals surface area contributed by atoms with E-state index in [1.165, 1.54) is 5.56 Å². The Morgan fingerprint density at radius 3 is 2.77 bits per heavy atom. The Labute approximate surface area is 82.3 Å². The molecule has 0 radical (unpaired) electrons. The first-order valence-corrected chi connectivity index (χ1v) is 4.97. The van der Waals surface area contributed by atoms with Gasteiger partial charge in [0.05, 0.1) is 6.42 Å². The summed E-state index contributed by atoms with van der Waals surface area (Å²) in [5.41, 5.74) is 3.90. The van der Waals surface area contributed by atoms with Gasteiger partial charge < -0.3 is 0 Å². The van der Waals surface area contributed by atoms with Crippen LogP contribution < -0.4 is 5.43 Å². The van der Waals surface area contributed by atoms with Gasteiger partial charge in [-0.05, 0) is 23.9 Å². The van der Waals surface area contributed by atoms with E-state index in [-0.39, 0.29) is 5.91 Å². The molecule has 0 fully saturated rings. The van der Waals surface area contributed by atoms with Crippen LogP contribution in [0, 0.1) is 6.92 Å². The highest BCUT2D eigenvalue weighted by Gasteiger charge is 2.06. The Hall–Kier alpha value is -0.870. The number of aryl methyl sites for hydroxylation is 1. The Bertz CT molecular complexity index is 294. The van der Waals surface area contributed by atoms with Gasteiger partial charge in [-0.15, -0.1) is 11.3 Å². The smallest absolute Gasteiger partial charge is 0.239 e. The molecule has 1 heterocycles. The van der Waals surface area contributed by atoms with E-state index in [2.05, 4.69) is 5.43 Å². The van der Waals surface area contributed by atoms with E-state index in [0.717, 1.165) is 4.88 Å². The summed E-state index contributed by atoms with van der Waals surface area (Å²) in [5, 5.41) is 3.67. The molecule has 1 aromatic heterocycles. The van der Waals surface area contributed by atoms with Crippen LogP contribution in [0.3, 0.4) is 0 Å². The molecule has 13 heavy (non-hydrogen) atoms. The van der Waals surface area contributed by atoms with Gasteiger partial charge in [-0.25, -0.2) is 5.01 Å². The van der Waals surface area contributed by atoms with Crippen LogP contribution in [0.25, 0.3) is 0 Å². The molecular weight excluding hydrogens is 184 g/mol. The van der Waals surface area contributed by atoms with Gasteiger partial charge in [-0.2, -0.15) is 0 Å². The van der Waals surface area contributed by atoms with Crippen molar-refractivity contribution in [1.82, 2.24) is 10.4 Å². The molecule has 0 unspecified atom stereocenters. The Kier molecular flexibility index (Phi) is 3.45. The monoisotopic (exact) mass is 198 g/mol. The molecule has 0 aliphatic heterocycles. The maximum absolute atomic E-state index is 11.3. The second-order valence-electron chi connectivity index (χ2n) is 3.13. The lowest BCUT2D eigenvalue weighted by Crippen LogP contribution is -2.37. The third-order valence-corrected chi connectivity index (χ3v) is 2.66. The topological polar surface area (TPSA) is 32.3 Å². The number of carbonyl (C=O) groups is 1. The minimum absolute atomic E-state index is 0.0375. The van der Waals surface area contributed by atoms with E-state index in [1.807, 2.05) is 18.4 Å². The van der Waals surface area contributed by atoms with Gasteiger partial charge in [-0.3, -0.25) is 10.2 Å². The first kappa shape index (κ1) is 10.2. The molecule has 72 valence electrons. The number of hydrogen-bond acceptors (Lipinski definition) is 3. The third kappa shape index (κ3) is 3.16. The summed E-state index contributed by atoms with van der Waals surface area (Å²) in [4.78, 5) is 12.5. The Balaban J connectivity index is 2.50. The lowest BCUT2D eigenvalue weighted by atomic mass is 10.2. The summed E-state index contributed by atoms with van der Waals surface area (Å²) in [6.07, 6.45) is 0.474. The third-order valence-electron chi connectivity index (χ3n) is 1.64. The molecule has 0 saturated heterocycles. The second-order valence-corrected chi connectivity index (χ2v) is 4.13. The van der Waals surface area contributed by atoms with Crippen molar-refractivity contribution >= 4 is 17.2 Å². The molecule has 0 bridgehead atoms. The molecule has 0 saturated carbocycles. The Morgan fingerprint density at radius 2 is 2.31 bits per heavy atom. The first-order chi connectivity index (χ1) is 6.09. The molecular formula is C9H14N2OS. The molecule has 1 N–H and O–H groups in total. The van der Waals surface area contributed by atoms with Crippen molar-refractivity contribution in [3.05, 3.63) is 21.9 Å². The molecule has 0 aliphatic carbocycles. The van der Waals surface area contributed by atoms with Crippen LogP contribution in [0.5, 0.6) is 0 Å². The number of rotatable bonds is 3. The number of nitrogens with zero attached hydrogens (tertiary/aromatic N) is 1. The second kappa shape index (κ2) is 4.39. The average molecular weight is 198 g/mol. The summed E-state index contributed by atoms with van der Waals surface area (Å²) < 4.78 is 0. The predicted molar refractivity (Wildman–Crippen MR) is 54.6 cm³/mol. The maximum Gasteiger partial charge on any atom is 0.239 e. The summed E-state index contributed by atoms with van der Waals surface area (Å²) in [6.45, 7) is 2.02. The van der Waals surface area contributed by atoms with Gasteiger partial charge in [0.2, 0.25) is 5.91 Å². The normalized spacial score (nSPS) is 10.5. The van der Waals surface area contributed by atoms with Crippen LogP contribution in [0.15, 0.2) is 11.4 Å². The fourth-order valence-electron chi connectivity index (χ4n) is 1.02. The summed E-state index contributed by atoms with van der Waals surface area (Å²) in [6, 6.07) is 2.03. The number of thiophene rings is 1. The maximum atomic E-state index is 11.3. The number of amides is 1. The zero-order chi connectivity index (χ0) is 9.84. The number of carbonyl (C=O) groups excluding carboxylic acids is 1. The van der Waals surface area contributed by atoms with E-state index in [4.69, 9.17) is 0 Å². The van der Waals surface area contributed by atoms with Crippen molar-refractivity contribution in [2.45, 2.75) is 13.3 Å². The van der Waals surface area contributed by atoms with Crippen molar-refractivity contribution in [3.63, 3.8) is 0 Å². The van der Waals surface area contributed by atoms with Crippen LogP contribution in [0.1, 0.15) is 10.4 Å². The van der Waals surface area contributed by atoms with Gasteiger partial charge >= 0.3 is 0 Å². The van der Waals surface area contributed by atoms with Crippen LogP contribution in [0.4, 0.5) is 0 Å². The van der Waals surface area contributed by atoms with Crippen molar-refractivity contribution in [2.75, 3.05) is 14.1 Å². The van der Waals surface area contributed by atoms with E-state index in [9.17, 15) is 4.79 Å². The Morgan fingerprint density at radius 1 is 1.62 bits per heavy atom. The molecule has 4 heteroatoms. The fourth-order valence-corrected chi connectivity index (χ4v) is 1.92. The summed E-state index contributed by atoms with van der Waals surface area (Å²) >= 11 is 1.63. The van der Waals surface area contributed by atoms with Crippen LogP contribution >= 0.6 is 11.3 Å². The highest BCUT2D eigenvalue weighted by Crippen LogP contribution is 2.15. The van der Waals surface area contributed by atoms with E-state index >= 15 is 0 Å². The lowest BCUT2D eigenvalue weighted by Gasteiger charge is -2.11. The van der Waals surface area contributed by atoms with Crippen LogP contribution in [-0.4, -0.2) is 25.0 Å². The van der Waals surface area contributed by atoms with Gasteiger partial charge in [-0.1, -0.05) is 0 Å². The zero-order valence-corrected chi connectivity index (χ0v) is 8.94. The highest BCUT2D eigenvalue weighted by molar-refractivity contribution is 7.10. The van der Waals surface area contributed by atoms with Gasteiger partial charge in [0.25, 0.3) is 0 Å². The zero-order valence-electron chi connectivity index (χ0n) is 8.13. The van der Waals surface area contributed by atoms with Crippen molar-refractivity contribution in [3.8, 4) is 0 Å². The van der Waals surface area contributed by atoms with E-state index in [1.54, 1.807) is 30.4 Å².